The van der Waals surface area contributed by atoms with E-state index in [-0.39, 0.29) is 5.91 Å². The molecule has 0 spiro atoms. The van der Waals surface area contributed by atoms with Crippen molar-refractivity contribution in [2.24, 2.45) is 0 Å². The first-order chi connectivity index (χ1) is 14.7. The van der Waals surface area contributed by atoms with Gasteiger partial charge in [-0.05, 0) is 83.3 Å². The summed E-state index contributed by atoms with van der Waals surface area (Å²) in [7, 11) is 0. The molecule has 5 rings (SSSR count). The Morgan fingerprint density at radius 3 is 2.57 bits per heavy atom. The molecule has 0 bridgehead atoms. The topological polar surface area (TPSA) is 42.2 Å². The smallest absolute Gasteiger partial charge is 0.248 e. The number of carbonyl (C=O) groups is 1. The molecule has 1 N–H and O–H groups in total. The van der Waals surface area contributed by atoms with Gasteiger partial charge in [-0.3, -0.25) is 4.79 Å². The van der Waals surface area contributed by atoms with Gasteiger partial charge in [0.1, 0.15) is 11.5 Å². The first-order valence-electron chi connectivity index (χ1n) is 9.72. The van der Waals surface area contributed by atoms with E-state index in [0.717, 1.165) is 23.4 Å². The van der Waals surface area contributed by atoms with Crippen LogP contribution >= 0.6 is 11.6 Å². The van der Waals surface area contributed by atoms with Gasteiger partial charge in [0, 0.05) is 22.3 Å². The third-order valence-electron chi connectivity index (χ3n) is 5.22. The van der Waals surface area contributed by atoms with Crippen molar-refractivity contribution in [1.29, 1.82) is 0 Å². The van der Waals surface area contributed by atoms with E-state index >= 15 is 0 Å². The number of hydrogen-bond acceptors (Lipinski definition) is 2. The molecule has 0 unspecified atom stereocenters. The average molecular weight is 412 g/mol. The molecule has 0 radical (unpaired) electrons. The van der Waals surface area contributed by atoms with Gasteiger partial charge in [-0.2, -0.15) is 0 Å². The summed E-state index contributed by atoms with van der Waals surface area (Å²) < 4.78 is 5.80. The zero-order valence-corrected chi connectivity index (χ0v) is 16.8. The number of anilines is 1. The molecular weight excluding hydrogens is 394 g/mol. The zero-order chi connectivity index (χ0) is 20.5. The second kappa shape index (κ2) is 7.69. The van der Waals surface area contributed by atoms with E-state index in [1.807, 2.05) is 54.6 Å². The molecule has 0 atom stereocenters. The minimum atomic E-state index is -0.203. The average Bonchev–Trinajstić information content (AvgIpc) is 3.37. The van der Waals surface area contributed by atoms with E-state index in [0.29, 0.717) is 10.8 Å². The van der Waals surface area contributed by atoms with Gasteiger partial charge in [-0.1, -0.05) is 41.9 Å². The molecule has 146 valence electrons. The Morgan fingerprint density at radius 2 is 1.70 bits per heavy atom. The Labute approximate surface area is 179 Å². The SMILES string of the molecule is O=C(C=Cc1ccc(-c2ccc(Cl)cc2)o1)Nc1ccc2c(c1)-c1ccccc1C2. The minimum absolute atomic E-state index is 0.203. The van der Waals surface area contributed by atoms with Gasteiger partial charge in [0.2, 0.25) is 5.91 Å². The van der Waals surface area contributed by atoms with Crippen molar-refractivity contribution in [3.8, 4) is 22.5 Å². The fourth-order valence-electron chi connectivity index (χ4n) is 3.75. The molecule has 0 aliphatic heterocycles. The van der Waals surface area contributed by atoms with E-state index in [4.69, 9.17) is 16.0 Å². The van der Waals surface area contributed by atoms with E-state index in [2.05, 4.69) is 29.6 Å². The van der Waals surface area contributed by atoms with E-state index < -0.39 is 0 Å². The molecule has 4 heteroatoms. The minimum Gasteiger partial charge on any atom is -0.457 e. The second-order valence-electron chi connectivity index (χ2n) is 7.24. The van der Waals surface area contributed by atoms with Gasteiger partial charge in [0.05, 0.1) is 0 Å². The zero-order valence-electron chi connectivity index (χ0n) is 16.1. The van der Waals surface area contributed by atoms with Crippen molar-refractivity contribution >= 4 is 29.3 Å². The first-order valence-corrected chi connectivity index (χ1v) is 10.1. The normalized spacial score (nSPS) is 12.0. The molecule has 1 aliphatic rings. The van der Waals surface area contributed by atoms with Crippen LogP contribution in [0.15, 0.2) is 89.4 Å². The van der Waals surface area contributed by atoms with Crippen molar-refractivity contribution in [1.82, 2.24) is 0 Å². The molecule has 3 nitrogen and oxygen atoms in total. The summed E-state index contributed by atoms with van der Waals surface area (Å²) in [5.74, 6) is 1.13. The van der Waals surface area contributed by atoms with Crippen LogP contribution < -0.4 is 5.32 Å². The molecule has 1 aromatic heterocycles. The summed E-state index contributed by atoms with van der Waals surface area (Å²) >= 11 is 5.93. The molecule has 30 heavy (non-hydrogen) atoms. The highest BCUT2D eigenvalue weighted by molar-refractivity contribution is 6.30. The van der Waals surface area contributed by atoms with Crippen molar-refractivity contribution in [3.05, 3.63) is 107 Å². The van der Waals surface area contributed by atoms with Crippen LogP contribution in [0.5, 0.6) is 0 Å². The van der Waals surface area contributed by atoms with Crippen LogP contribution in [-0.2, 0) is 11.2 Å². The van der Waals surface area contributed by atoms with Crippen LogP contribution in [0.3, 0.4) is 0 Å². The highest BCUT2D eigenvalue weighted by atomic mass is 35.5. The Kier molecular flexibility index (Phi) is 4.74. The number of benzene rings is 3. The Hall–Kier alpha value is -3.56. The summed E-state index contributed by atoms with van der Waals surface area (Å²) in [5, 5.41) is 3.61. The van der Waals surface area contributed by atoms with Crippen molar-refractivity contribution in [2.45, 2.75) is 6.42 Å². The fraction of sp³-hybridized carbons (Fsp3) is 0.0385. The maximum atomic E-state index is 12.4. The lowest BCUT2D eigenvalue weighted by Crippen LogP contribution is -2.07. The number of amides is 1. The van der Waals surface area contributed by atoms with Crippen molar-refractivity contribution < 1.29 is 9.21 Å². The molecule has 1 amide bonds. The number of carbonyl (C=O) groups excluding carboxylic acids is 1. The van der Waals surface area contributed by atoms with Gasteiger partial charge in [0.15, 0.2) is 0 Å². The fourth-order valence-corrected chi connectivity index (χ4v) is 3.88. The lowest BCUT2D eigenvalue weighted by molar-refractivity contribution is -0.111. The monoisotopic (exact) mass is 411 g/mol. The van der Waals surface area contributed by atoms with Crippen LogP contribution in [0.4, 0.5) is 5.69 Å². The first kappa shape index (κ1) is 18.5. The molecule has 1 heterocycles. The summed E-state index contributed by atoms with van der Waals surface area (Å²) in [6.07, 6.45) is 4.08. The lowest BCUT2D eigenvalue weighted by atomic mass is 10.1. The summed E-state index contributed by atoms with van der Waals surface area (Å²) in [5.41, 5.74) is 6.75. The maximum Gasteiger partial charge on any atom is 0.248 e. The second-order valence-corrected chi connectivity index (χ2v) is 7.67. The van der Waals surface area contributed by atoms with Crippen LogP contribution in [0.2, 0.25) is 5.02 Å². The molecule has 0 saturated carbocycles. The van der Waals surface area contributed by atoms with Crippen LogP contribution in [0.1, 0.15) is 16.9 Å². The largest absolute Gasteiger partial charge is 0.457 e. The van der Waals surface area contributed by atoms with E-state index in [1.54, 1.807) is 6.08 Å². The molecular formula is C26H18ClNO2. The van der Waals surface area contributed by atoms with E-state index in [9.17, 15) is 4.79 Å². The summed E-state index contributed by atoms with van der Waals surface area (Å²) in [6.45, 7) is 0. The van der Waals surface area contributed by atoms with Gasteiger partial charge < -0.3 is 9.73 Å². The lowest BCUT2D eigenvalue weighted by Gasteiger charge is -2.06. The Balaban J connectivity index is 1.28. The van der Waals surface area contributed by atoms with Gasteiger partial charge in [-0.25, -0.2) is 0 Å². The number of furan rings is 1. The highest BCUT2D eigenvalue weighted by Gasteiger charge is 2.18. The standard InChI is InChI=1S/C26H18ClNO2/c27-20-8-5-17(6-9-20)25-13-11-22(30-25)12-14-26(29)28-21-10-7-19-15-18-3-1-2-4-23(18)24(19)16-21/h1-14,16H,15H2,(H,28,29). The van der Waals surface area contributed by atoms with E-state index in [1.165, 1.54) is 28.3 Å². The number of fused-ring (bicyclic) bond motifs is 3. The van der Waals surface area contributed by atoms with Gasteiger partial charge in [-0.15, -0.1) is 0 Å². The molecule has 4 aromatic rings. The maximum absolute atomic E-state index is 12.4. The third kappa shape index (κ3) is 3.68. The third-order valence-corrected chi connectivity index (χ3v) is 5.47. The number of hydrogen-bond donors (Lipinski definition) is 1. The van der Waals surface area contributed by atoms with Crippen molar-refractivity contribution in [2.75, 3.05) is 5.32 Å². The Morgan fingerprint density at radius 1 is 0.900 bits per heavy atom. The number of nitrogens with one attached hydrogen (secondary N) is 1. The highest BCUT2D eigenvalue weighted by Crippen LogP contribution is 2.37. The summed E-state index contributed by atoms with van der Waals surface area (Å²) in [4.78, 5) is 12.4. The Bertz CT molecular complexity index is 1270. The van der Waals surface area contributed by atoms with Crippen LogP contribution in [0, 0.1) is 0 Å². The molecule has 3 aromatic carbocycles. The summed E-state index contributed by atoms with van der Waals surface area (Å²) in [6, 6.07) is 25.6. The van der Waals surface area contributed by atoms with Crippen molar-refractivity contribution in [3.63, 3.8) is 0 Å². The van der Waals surface area contributed by atoms with Gasteiger partial charge in [0.25, 0.3) is 0 Å². The number of halogens is 1. The predicted octanol–water partition coefficient (Wildman–Crippen LogP) is 6.82. The van der Waals surface area contributed by atoms with Crippen LogP contribution in [0.25, 0.3) is 28.5 Å². The predicted molar refractivity (Wildman–Crippen MR) is 122 cm³/mol. The molecule has 0 fully saturated rings. The molecule has 0 saturated heterocycles. The number of rotatable bonds is 4. The quantitative estimate of drug-likeness (QED) is 0.329. The molecule has 1 aliphatic carbocycles. The van der Waals surface area contributed by atoms with Crippen LogP contribution in [-0.4, -0.2) is 5.91 Å². The van der Waals surface area contributed by atoms with Gasteiger partial charge >= 0.3 is 0 Å².